The van der Waals surface area contributed by atoms with Crippen LogP contribution < -0.4 is 14.8 Å². The van der Waals surface area contributed by atoms with Crippen molar-refractivity contribution in [3.8, 4) is 22.9 Å². The molecule has 0 spiro atoms. The molecule has 170 valence electrons. The van der Waals surface area contributed by atoms with E-state index in [0.717, 1.165) is 46.0 Å². The first-order valence-corrected chi connectivity index (χ1v) is 11.4. The molecule has 0 saturated carbocycles. The maximum Gasteiger partial charge on any atom is 0.226 e. The molecule has 7 nitrogen and oxygen atoms in total. The number of Topliss-reactive ketones (excluding diaryl/α,β-unsaturated/α-hetero) is 1. The molecule has 2 aliphatic rings. The molecule has 6 rings (SSSR count). The van der Waals surface area contributed by atoms with Crippen LogP contribution in [0, 0.1) is 0 Å². The number of hydrogen-bond acceptors (Lipinski definition) is 6. The van der Waals surface area contributed by atoms with Gasteiger partial charge in [-0.25, -0.2) is 4.68 Å². The van der Waals surface area contributed by atoms with E-state index in [0.29, 0.717) is 29.7 Å². The molecule has 0 fully saturated rings. The van der Waals surface area contributed by atoms with Crippen LogP contribution in [0.1, 0.15) is 30.9 Å². The van der Waals surface area contributed by atoms with Crippen molar-refractivity contribution < 1.29 is 14.3 Å². The number of carbonyl (C=O) groups is 1. The second-order valence-electron chi connectivity index (χ2n) is 8.53. The molecule has 0 bridgehead atoms. The van der Waals surface area contributed by atoms with E-state index in [1.807, 2.05) is 47.1 Å². The molecular weight excluding hydrogens is 428 g/mol. The number of anilines is 1. The van der Waals surface area contributed by atoms with Crippen LogP contribution in [-0.2, 0) is 4.79 Å². The van der Waals surface area contributed by atoms with Crippen LogP contribution >= 0.6 is 0 Å². The molecule has 1 aromatic heterocycles. The number of aromatic nitrogens is 3. The topological polar surface area (TPSA) is 78.3 Å². The first-order valence-electron chi connectivity index (χ1n) is 11.4. The number of carbonyl (C=O) groups excluding carboxylic acids is 1. The minimum Gasteiger partial charge on any atom is -0.497 e. The van der Waals surface area contributed by atoms with Gasteiger partial charge in [-0.1, -0.05) is 42.5 Å². The van der Waals surface area contributed by atoms with Crippen molar-refractivity contribution >= 4 is 22.5 Å². The summed E-state index contributed by atoms with van der Waals surface area (Å²) in [4.78, 5) is 18.1. The summed E-state index contributed by atoms with van der Waals surface area (Å²) in [5, 5.41) is 10.6. The number of fused-ring (bicyclic) bond motifs is 2. The number of benzene rings is 3. The molecule has 3 aromatic carbocycles. The second kappa shape index (κ2) is 8.02. The number of nitrogens with one attached hydrogen (secondary N) is 1. The molecule has 2 heterocycles. The molecule has 34 heavy (non-hydrogen) atoms. The second-order valence-corrected chi connectivity index (χ2v) is 8.53. The molecule has 0 radical (unpaired) electrons. The molecule has 1 unspecified atom stereocenters. The van der Waals surface area contributed by atoms with Crippen LogP contribution in [0.2, 0.25) is 0 Å². The highest BCUT2D eigenvalue weighted by Gasteiger charge is 2.38. The van der Waals surface area contributed by atoms with E-state index in [-0.39, 0.29) is 5.78 Å². The Hall–Kier alpha value is -4.13. The first-order chi connectivity index (χ1) is 16.7. The molecule has 7 heteroatoms. The third kappa shape index (κ3) is 3.15. The summed E-state index contributed by atoms with van der Waals surface area (Å²) in [6.45, 7) is 0. The number of ether oxygens (including phenoxy) is 2. The number of methoxy groups -OCH3 is 2. The van der Waals surface area contributed by atoms with Crippen LogP contribution in [0.15, 0.2) is 71.9 Å². The van der Waals surface area contributed by atoms with Crippen molar-refractivity contribution in [3.63, 3.8) is 0 Å². The maximum absolute atomic E-state index is 13.2. The summed E-state index contributed by atoms with van der Waals surface area (Å²) in [5.74, 6) is 2.70. The summed E-state index contributed by atoms with van der Waals surface area (Å²) in [7, 11) is 3.25. The number of hydrogen-bond donors (Lipinski definition) is 1. The number of rotatable bonds is 4. The van der Waals surface area contributed by atoms with E-state index >= 15 is 0 Å². The van der Waals surface area contributed by atoms with E-state index in [4.69, 9.17) is 19.6 Å². The lowest BCUT2D eigenvalue weighted by molar-refractivity contribution is -0.116. The summed E-state index contributed by atoms with van der Waals surface area (Å²) in [5.41, 5.74) is 3.45. The Morgan fingerprint density at radius 2 is 1.85 bits per heavy atom. The van der Waals surface area contributed by atoms with Crippen molar-refractivity contribution in [1.82, 2.24) is 14.8 Å². The van der Waals surface area contributed by atoms with E-state index in [1.165, 1.54) is 0 Å². The van der Waals surface area contributed by atoms with Gasteiger partial charge in [0.2, 0.25) is 5.95 Å². The molecule has 1 aliphatic carbocycles. The lowest BCUT2D eigenvalue weighted by Crippen LogP contribution is -2.31. The van der Waals surface area contributed by atoms with Gasteiger partial charge in [0.1, 0.15) is 17.5 Å². The fraction of sp³-hybridized carbons (Fsp3) is 0.222. The average molecular weight is 453 g/mol. The van der Waals surface area contributed by atoms with Gasteiger partial charge in [-0.15, -0.1) is 5.10 Å². The van der Waals surface area contributed by atoms with Crippen LogP contribution in [0.3, 0.4) is 0 Å². The van der Waals surface area contributed by atoms with E-state index in [9.17, 15) is 4.79 Å². The van der Waals surface area contributed by atoms with Crippen LogP contribution in [0.25, 0.3) is 22.2 Å². The lowest BCUT2D eigenvalue weighted by atomic mass is 9.85. The molecule has 1 aliphatic heterocycles. The van der Waals surface area contributed by atoms with Gasteiger partial charge in [0, 0.05) is 34.9 Å². The van der Waals surface area contributed by atoms with Gasteiger partial charge in [-0.2, -0.15) is 4.98 Å². The quantitative estimate of drug-likeness (QED) is 0.462. The van der Waals surface area contributed by atoms with Crippen molar-refractivity contribution in [3.05, 3.63) is 77.5 Å². The Kier molecular flexibility index (Phi) is 4.83. The zero-order valence-corrected chi connectivity index (χ0v) is 19.0. The SMILES string of the molecule is COc1ccc(C2C3=C(CCCC3=O)Nc3nc(-c4cccc5ccccc45)nn32)c(OC)c1. The molecule has 0 saturated heterocycles. The van der Waals surface area contributed by atoms with Crippen molar-refractivity contribution in [2.75, 3.05) is 19.5 Å². The van der Waals surface area contributed by atoms with Gasteiger partial charge in [-0.05, 0) is 35.7 Å². The third-order valence-corrected chi connectivity index (χ3v) is 6.63. The monoisotopic (exact) mass is 452 g/mol. The standard InChI is InChI=1S/C27H24N4O3/c1-33-17-13-14-20(23(15-17)34-2)25-24-21(11-6-12-22(24)32)28-27-29-26(30-31(25)27)19-10-5-8-16-7-3-4-9-18(16)19/h3-5,7-10,13-15,25H,6,11-12H2,1-2H3,(H,28,29,30). The summed E-state index contributed by atoms with van der Waals surface area (Å²) >= 11 is 0. The normalized spacial score (nSPS) is 17.2. The van der Waals surface area contributed by atoms with E-state index in [2.05, 4.69) is 23.5 Å². The summed E-state index contributed by atoms with van der Waals surface area (Å²) in [6, 6.07) is 19.6. The largest absolute Gasteiger partial charge is 0.497 e. The molecular formula is C27H24N4O3. The zero-order valence-electron chi connectivity index (χ0n) is 19.0. The van der Waals surface area contributed by atoms with Crippen LogP contribution in [0.4, 0.5) is 5.95 Å². The molecule has 4 aromatic rings. The van der Waals surface area contributed by atoms with Crippen molar-refractivity contribution in [1.29, 1.82) is 0 Å². The Bertz CT molecular complexity index is 1460. The first kappa shape index (κ1) is 20.5. The Balaban J connectivity index is 1.56. The maximum atomic E-state index is 13.2. The van der Waals surface area contributed by atoms with Gasteiger partial charge in [0.15, 0.2) is 11.6 Å². The van der Waals surface area contributed by atoms with Gasteiger partial charge >= 0.3 is 0 Å². The highest BCUT2D eigenvalue weighted by molar-refractivity contribution is 6.00. The number of nitrogens with zero attached hydrogens (tertiary/aromatic N) is 3. The minimum atomic E-state index is -0.434. The van der Waals surface area contributed by atoms with Gasteiger partial charge < -0.3 is 14.8 Å². The smallest absolute Gasteiger partial charge is 0.226 e. The minimum absolute atomic E-state index is 0.129. The highest BCUT2D eigenvalue weighted by Crippen LogP contribution is 2.44. The lowest BCUT2D eigenvalue weighted by Gasteiger charge is -2.32. The van der Waals surface area contributed by atoms with Gasteiger partial charge in [0.05, 0.1) is 14.2 Å². The average Bonchev–Trinajstić information content (AvgIpc) is 3.30. The number of ketones is 1. The summed E-state index contributed by atoms with van der Waals surface area (Å²) < 4.78 is 12.9. The van der Waals surface area contributed by atoms with Gasteiger partial charge in [0.25, 0.3) is 0 Å². The third-order valence-electron chi connectivity index (χ3n) is 6.63. The molecule has 0 amide bonds. The van der Waals surface area contributed by atoms with Crippen molar-refractivity contribution in [2.24, 2.45) is 0 Å². The Labute approximate surface area is 197 Å². The fourth-order valence-electron chi connectivity index (χ4n) is 5.02. The molecule has 1 atom stereocenters. The van der Waals surface area contributed by atoms with Crippen LogP contribution in [-0.4, -0.2) is 34.8 Å². The van der Waals surface area contributed by atoms with Gasteiger partial charge in [-0.3, -0.25) is 4.79 Å². The highest BCUT2D eigenvalue weighted by atomic mass is 16.5. The Morgan fingerprint density at radius 1 is 1.00 bits per heavy atom. The predicted molar refractivity (Wildman–Crippen MR) is 130 cm³/mol. The zero-order chi connectivity index (χ0) is 23.2. The van der Waals surface area contributed by atoms with E-state index < -0.39 is 6.04 Å². The van der Waals surface area contributed by atoms with E-state index in [1.54, 1.807) is 14.2 Å². The van der Waals surface area contributed by atoms with Crippen molar-refractivity contribution in [2.45, 2.75) is 25.3 Å². The Morgan fingerprint density at radius 3 is 2.71 bits per heavy atom. The predicted octanol–water partition coefficient (Wildman–Crippen LogP) is 5.14. The number of allylic oxidation sites excluding steroid dienone is 2. The summed E-state index contributed by atoms with van der Waals surface area (Å²) in [6.07, 6.45) is 2.14. The molecule has 1 N–H and O–H groups in total. The van der Waals surface area contributed by atoms with Crippen LogP contribution in [0.5, 0.6) is 11.5 Å². The fourth-order valence-corrected chi connectivity index (χ4v) is 5.02.